The summed E-state index contributed by atoms with van der Waals surface area (Å²) >= 11 is 0. The second kappa shape index (κ2) is 6.33. The summed E-state index contributed by atoms with van der Waals surface area (Å²) < 4.78 is 0. The molecule has 108 valence electrons. The molecule has 1 atom stereocenters. The van der Waals surface area contributed by atoms with Crippen LogP contribution in [-0.4, -0.2) is 47.5 Å². The van der Waals surface area contributed by atoms with Crippen molar-refractivity contribution in [1.29, 1.82) is 0 Å². The van der Waals surface area contributed by atoms with E-state index in [1.807, 2.05) is 18.2 Å². The summed E-state index contributed by atoms with van der Waals surface area (Å²) in [6.07, 6.45) is 6.07. The molecule has 2 fully saturated rings. The average Bonchev–Trinajstić information content (AvgIpc) is 2.99. The lowest BCUT2D eigenvalue weighted by atomic mass is 10.0. The number of pyridine rings is 1. The Morgan fingerprint density at radius 1 is 1.30 bits per heavy atom. The van der Waals surface area contributed by atoms with Crippen LogP contribution in [0.25, 0.3) is 0 Å². The van der Waals surface area contributed by atoms with Crippen molar-refractivity contribution in [1.82, 2.24) is 15.2 Å². The number of aromatic nitrogens is 1. The van der Waals surface area contributed by atoms with Gasteiger partial charge in [0.1, 0.15) is 5.82 Å². The van der Waals surface area contributed by atoms with E-state index in [0.717, 1.165) is 45.3 Å². The molecule has 20 heavy (non-hydrogen) atoms. The van der Waals surface area contributed by atoms with Gasteiger partial charge >= 0.3 is 0 Å². The fourth-order valence-electron chi connectivity index (χ4n) is 3.29. The van der Waals surface area contributed by atoms with Gasteiger partial charge in [0.2, 0.25) is 5.91 Å². The lowest BCUT2D eigenvalue weighted by Crippen LogP contribution is -2.49. The molecule has 1 aromatic heterocycles. The van der Waals surface area contributed by atoms with Crippen molar-refractivity contribution in [3.63, 3.8) is 0 Å². The maximum atomic E-state index is 12.5. The van der Waals surface area contributed by atoms with E-state index in [2.05, 4.69) is 20.5 Å². The van der Waals surface area contributed by atoms with Gasteiger partial charge in [0.25, 0.3) is 0 Å². The van der Waals surface area contributed by atoms with Gasteiger partial charge in [0.15, 0.2) is 0 Å². The summed E-state index contributed by atoms with van der Waals surface area (Å²) in [4.78, 5) is 19.0. The summed E-state index contributed by atoms with van der Waals surface area (Å²) in [5.41, 5.74) is 0. The van der Waals surface area contributed by atoms with Gasteiger partial charge in [0.05, 0.1) is 6.04 Å². The highest BCUT2D eigenvalue weighted by molar-refractivity contribution is 5.94. The Morgan fingerprint density at radius 3 is 2.90 bits per heavy atom. The lowest BCUT2D eigenvalue weighted by Gasteiger charge is -2.35. The van der Waals surface area contributed by atoms with Crippen LogP contribution >= 0.6 is 0 Å². The summed E-state index contributed by atoms with van der Waals surface area (Å²) in [6.45, 7) is 3.18. The molecule has 1 unspecified atom stereocenters. The summed E-state index contributed by atoms with van der Waals surface area (Å²) in [7, 11) is 0. The molecule has 2 saturated heterocycles. The molecule has 0 saturated carbocycles. The van der Waals surface area contributed by atoms with Crippen molar-refractivity contribution in [3.8, 4) is 0 Å². The van der Waals surface area contributed by atoms with E-state index >= 15 is 0 Å². The first kappa shape index (κ1) is 13.5. The van der Waals surface area contributed by atoms with Crippen molar-refractivity contribution in [2.45, 2.75) is 37.8 Å². The molecule has 2 aliphatic heterocycles. The highest BCUT2D eigenvalue weighted by Gasteiger charge is 2.35. The molecule has 0 radical (unpaired) electrons. The number of nitrogens with zero attached hydrogens (tertiary/aromatic N) is 2. The Hall–Kier alpha value is -1.46. The number of hydrogen-bond acceptors (Lipinski definition) is 4. The number of anilines is 1. The van der Waals surface area contributed by atoms with Crippen LogP contribution in [0.2, 0.25) is 0 Å². The van der Waals surface area contributed by atoms with Gasteiger partial charge in [-0.1, -0.05) is 6.07 Å². The highest BCUT2D eigenvalue weighted by Crippen LogP contribution is 2.25. The van der Waals surface area contributed by atoms with Crippen molar-refractivity contribution in [2.75, 3.05) is 25.0 Å². The molecular formula is C15H22N4O. The zero-order chi connectivity index (χ0) is 13.8. The fourth-order valence-corrected chi connectivity index (χ4v) is 3.29. The molecule has 3 heterocycles. The molecule has 0 aromatic carbocycles. The minimum Gasteiger partial charge on any atom is -0.317 e. The zero-order valence-corrected chi connectivity index (χ0v) is 11.7. The van der Waals surface area contributed by atoms with Crippen LogP contribution in [0.15, 0.2) is 24.4 Å². The van der Waals surface area contributed by atoms with Crippen LogP contribution in [0.1, 0.15) is 25.7 Å². The van der Waals surface area contributed by atoms with Gasteiger partial charge in [0, 0.05) is 12.2 Å². The quantitative estimate of drug-likeness (QED) is 0.870. The molecule has 0 aliphatic carbocycles. The number of rotatable bonds is 3. The maximum Gasteiger partial charge on any atom is 0.242 e. The van der Waals surface area contributed by atoms with Gasteiger partial charge in [-0.2, -0.15) is 0 Å². The van der Waals surface area contributed by atoms with E-state index in [1.54, 1.807) is 6.20 Å². The molecule has 5 nitrogen and oxygen atoms in total. The van der Waals surface area contributed by atoms with Crippen LogP contribution in [0.4, 0.5) is 5.82 Å². The molecule has 2 aliphatic rings. The van der Waals surface area contributed by atoms with Crippen molar-refractivity contribution in [3.05, 3.63) is 24.4 Å². The Bertz CT molecular complexity index is 444. The SMILES string of the molecule is O=C(Nc1ccccn1)C1CCCN1C1CCNCC1. The molecule has 3 rings (SSSR count). The Labute approximate surface area is 119 Å². The van der Waals surface area contributed by atoms with Crippen LogP contribution in [0.5, 0.6) is 0 Å². The second-order valence-electron chi connectivity index (χ2n) is 5.58. The lowest BCUT2D eigenvalue weighted by molar-refractivity contribution is -0.121. The minimum atomic E-state index is 0.0140. The number of nitrogens with one attached hydrogen (secondary N) is 2. The number of hydrogen-bond donors (Lipinski definition) is 2. The van der Waals surface area contributed by atoms with Crippen molar-refractivity contribution in [2.24, 2.45) is 0 Å². The van der Waals surface area contributed by atoms with E-state index < -0.39 is 0 Å². The number of carbonyl (C=O) groups is 1. The summed E-state index contributed by atoms with van der Waals surface area (Å²) in [5, 5.41) is 6.33. The number of carbonyl (C=O) groups excluding carboxylic acids is 1. The van der Waals surface area contributed by atoms with Gasteiger partial charge in [-0.25, -0.2) is 4.98 Å². The predicted molar refractivity (Wildman–Crippen MR) is 78.5 cm³/mol. The highest BCUT2D eigenvalue weighted by atomic mass is 16.2. The molecular weight excluding hydrogens is 252 g/mol. The Balaban J connectivity index is 1.64. The third-order valence-electron chi connectivity index (χ3n) is 4.29. The predicted octanol–water partition coefficient (Wildman–Crippen LogP) is 1.24. The van der Waals surface area contributed by atoms with Crippen molar-refractivity contribution >= 4 is 11.7 Å². The number of likely N-dealkylation sites (tertiary alicyclic amines) is 1. The first-order valence-electron chi connectivity index (χ1n) is 7.53. The van der Waals surface area contributed by atoms with Gasteiger partial charge < -0.3 is 10.6 Å². The molecule has 1 amide bonds. The first-order chi connectivity index (χ1) is 9.84. The van der Waals surface area contributed by atoms with E-state index in [9.17, 15) is 4.79 Å². The third kappa shape index (κ3) is 2.99. The Kier molecular flexibility index (Phi) is 4.28. The monoisotopic (exact) mass is 274 g/mol. The van der Waals surface area contributed by atoms with E-state index in [0.29, 0.717) is 11.9 Å². The van der Waals surface area contributed by atoms with Crippen LogP contribution in [0.3, 0.4) is 0 Å². The maximum absolute atomic E-state index is 12.5. The van der Waals surface area contributed by atoms with Gasteiger partial charge in [-0.3, -0.25) is 9.69 Å². The summed E-state index contributed by atoms with van der Waals surface area (Å²) in [6, 6.07) is 6.15. The van der Waals surface area contributed by atoms with E-state index in [4.69, 9.17) is 0 Å². The minimum absolute atomic E-state index is 0.0140. The molecule has 0 bridgehead atoms. The average molecular weight is 274 g/mol. The van der Waals surface area contributed by atoms with Crippen molar-refractivity contribution < 1.29 is 4.79 Å². The smallest absolute Gasteiger partial charge is 0.242 e. The summed E-state index contributed by atoms with van der Waals surface area (Å²) in [5.74, 6) is 0.745. The molecule has 0 spiro atoms. The fraction of sp³-hybridized carbons (Fsp3) is 0.600. The van der Waals surface area contributed by atoms with Gasteiger partial charge in [-0.15, -0.1) is 0 Å². The van der Waals surface area contributed by atoms with E-state index in [-0.39, 0.29) is 11.9 Å². The van der Waals surface area contributed by atoms with Crippen LogP contribution in [0, 0.1) is 0 Å². The second-order valence-corrected chi connectivity index (χ2v) is 5.58. The van der Waals surface area contributed by atoms with Crippen LogP contribution < -0.4 is 10.6 Å². The Morgan fingerprint density at radius 2 is 2.15 bits per heavy atom. The van der Waals surface area contributed by atoms with E-state index in [1.165, 1.54) is 0 Å². The third-order valence-corrected chi connectivity index (χ3v) is 4.29. The number of piperidine rings is 1. The number of amides is 1. The molecule has 5 heteroatoms. The largest absolute Gasteiger partial charge is 0.317 e. The first-order valence-corrected chi connectivity index (χ1v) is 7.53. The molecule has 1 aromatic rings. The molecule has 2 N–H and O–H groups in total. The standard InChI is InChI=1S/C15H22N4O/c20-15(18-14-5-1-2-8-17-14)13-4-3-11-19(13)12-6-9-16-10-7-12/h1-2,5,8,12-13,16H,3-4,6-7,9-11H2,(H,17,18,20). The zero-order valence-electron chi connectivity index (χ0n) is 11.7. The topological polar surface area (TPSA) is 57.3 Å². The van der Waals surface area contributed by atoms with Gasteiger partial charge in [-0.05, 0) is 57.5 Å². The normalized spacial score (nSPS) is 24.7. The van der Waals surface area contributed by atoms with Crippen LogP contribution in [-0.2, 0) is 4.79 Å².